The van der Waals surface area contributed by atoms with Gasteiger partial charge in [0, 0.05) is 24.8 Å². The zero-order valence-electron chi connectivity index (χ0n) is 9.36. The van der Waals surface area contributed by atoms with Gasteiger partial charge in [0.25, 0.3) is 0 Å². The van der Waals surface area contributed by atoms with Gasteiger partial charge in [0.2, 0.25) is 0 Å². The summed E-state index contributed by atoms with van der Waals surface area (Å²) < 4.78 is 5.30. The van der Waals surface area contributed by atoms with E-state index in [4.69, 9.17) is 10.00 Å². The van der Waals surface area contributed by atoms with Crippen molar-refractivity contribution >= 4 is 5.82 Å². The van der Waals surface area contributed by atoms with Crippen molar-refractivity contribution in [3.63, 3.8) is 0 Å². The van der Waals surface area contributed by atoms with Gasteiger partial charge in [-0.05, 0) is 25.5 Å². The van der Waals surface area contributed by atoms with Gasteiger partial charge in [-0.25, -0.2) is 4.98 Å². The molecule has 4 nitrogen and oxygen atoms in total. The lowest BCUT2D eigenvalue weighted by atomic mass is 10.1. The minimum Gasteiger partial charge on any atom is -0.381 e. The van der Waals surface area contributed by atoms with E-state index in [-0.39, 0.29) is 0 Å². The molecular formula is C12H15N3O. The van der Waals surface area contributed by atoms with E-state index in [9.17, 15) is 0 Å². The van der Waals surface area contributed by atoms with Crippen molar-refractivity contribution in [3.8, 4) is 6.07 Å². The molecule has 1 aliphatic rings. The second-order valence-electron chi connectivity index (χ2n) is 4.07. The Balaban J connectivity index is 2.02. The summed E-state index contributed by atoms with van der Waals surface area (Å²) in [5.41, 5.74) is 1.52. The summed E-state index contributed by atoms with van der Waals surface area (Å²) in [6.07, 6.45) is 1.08. The van der Waals surface area contributed by atoms with E-state index in [1.807, 2.05) is 13.0 Å². The number of nitrogens with one attached hydrogen (secondary N) is 1. The molecule has 1 unspecified atom stereocenters. The van der Waals surface area contributed by atoms with Crippen LogP contribution < -0.4 is 5.32 Å². The molecule has 0 aromatic carbocycles. The number of aryl methyl sites for hydroxylation is 1. The van der Waals surface area contributed by atoms with Crippen LogP contribution in [-0.2, 0) is 4.74 Å². The van der Waals surface area contributed by atoms with Gasteiger partial charge in [0.1, 0.15) is 11.9 Å². The quantitative estimate of drug-likeness (QED) is 0.837. The molecule has 2 rings (SSSR count). The molecule has 1 atom stereocenters. The summed E-state index contributed by atoms with van der Waals surface area (Å²) in [5, 5.41) is 12.2. The maximum absolute atomic E-state index is 8.95. The number of hydrogen-bond acceptors (Lipinski definition) is 4. The normalized spacial score (nSPS) is 19.4. The average Bonchev–Trinajstić information content (AvgIpc) is 2.79. The Bertz CT molecular complexity index is 405. The highest BCUT2D eigenvalue weighted by Gasteiger charge is 2.15. The van der Waals surface area contributed by atoms with Crippen molar-refractivity contribution in [1.29, 1.82) is 5.26 Å². The summed E-state index contributed by atoms with van der Waals surface area (Å²) in [6.45, 7) is 4.40. The third-order valence-corrected chi connectivity index (χ3v) is 2.74. The second kappa shape index (κ2) is 4.95. The number of pyridine rings is 1. The summed E-state index contributed by atoms with van der Waals surface area (Å²) >= 11 is 0. The van der Waals surface area contributed by atoms with Crippen LogP contribution in [0.1, 0.15) is 17.7 Å². The van der Waals surface area contributed by atoms with Gasteiger partial charge in [-0.15, -0.1) is 0 Å². The lowest BCUT2D eigenvalue weighted by molar-refractivity contribution is 0.187. The van der Waals surface area contributed by atoms with Crippen molar-refractivity contribution in [2.24, 2.45) is 5.92 Å². The number of hydrogen-bond donors (Lipinski definition) is 1. The van der Waals surface area contributed by atoms with Gasteiger partial charge in [-0.3, -0.25) is 0 Å². The number of nitrogens with zero attached hydrogens (tertiary/aromatic N) is 2. The molecule has 1 aromatic rings. The Labute approximate surface area is 95.3 Å². The summed E-state index contributed by atoms with van der Waals surface area (Å²) in [6, 6.07) is 5.79. The highest BCUT2D eigenvalue weighted by Crippen LogP contribution is 2.16. The minimum absolute atomic E-state index is 0.536. The second-order valence-corrected chi connectivity index (χ2v) is 4.07. The zero-order chi connectivity index (χ0) is 11.4. The number of anilines is 1. The predicted octanol–water partition coefficient (Wildman–Crippen LogP) is 1.71. The average molecular weight is 217 g/mol. The number of nitriles is 1. The summed E-state index contributed by atoms with van der Waals surface area (Å²) in [7, 11) is 0. The molecule has 0 spiro atoms. The highest BCUT2D eigenvalue weighted by atomic mass is 16.5. The van der Waals surface area contributed by atoms with Gasteiger partial charge in [-0.2, -0.15) is 5.26 Å². The molecule has 1 N–H and O–H groups in total. The van der Waals surface area contributed by atoms with E-state index in [0.29, 0.717) is 17.3 Å². The van der Waals surface area contributed by atoms with Crippen LogP contribution >= 0.6 is 0 Å². The van der Waals surface area contributed by atoms with Gasteiger partial charge < -0.3 is 10.1 Å². The van der Waals surface area contributed by atoms with Crippen LogP contribution in [0.3, 0.4) is 0 Å². The number of ether oxygens (including phenoxy) is 1. The van der Waals surface area contributed by atoms with Gasteiger partial charge in [0.15, 0.2) is 0 Å². The van der Waals surface area contributed by atoms with Crippen LogP contribution in [0.15, 0.2) is 12.1 Å². The van der Waals surface area contributed by atoms with E-state index in [0.717, 1.165) is 31.9 Å². The fourth-order valence-electron chi connectivity index (χ4n) is 1.77. The Morgan fingerprint density at radius 1 is 1.62 bits per heavy atom. The third kappa shape index (κ3) is 2.50. The predicted molar refractivity (Wildman–Crippen MR) is 61.1 cm³/mol. The van der Waals surface area contributed by atoms with E-state index in [1.54, 1.807) is 6.07 Å². The molecule has 1 fully saturated rings. The molecule has 0 bridgehead atoms. The van der Waals surface area contributed by atoms with E-state index in [2.05, 4.69) is 16.4 Å². The summed E-state index contributed by atoms with van der Waals surface area (Å²) in [4.78, 5) is 4.33. The largest absolute Gasteiger partial charge is 0.381 e. The standard InChI is InChI=1S/C12H15N3O/c1-9-2-3-11(6-13)12(15-9)14-7-10-4-5-16-8-10/h2-3,10H,4-5,7-8H2,1H3,(H,14,15). The molecule has 1 aliphatic heterocycles. The first-order valence-electron chi connectivity index (χ1n) is 5.49. The highest BCUT2D eigenvalue weighted by molar-refractivity contribution is 5.52. The molecule has 1 aromatic heterocycles. The molecule has 16 heavy (non-hydrogen) atoms. The maximum Gasteiger partial charge on any atom is 0.144 e. The van der Waals surface area contributed by atoms with Crippen molar-refractivity contribution in [1.82, 2.24) is 4.98 Å². The molecule has 0 aliphatic carbocycles. The molecule has 0 saturated carbocycles. The first kappa shape index (κ1) is 10.9. The molecule has 84 valence electrons. The molecule has 0 radical (unpaired) electrons. The summed E-state index contributed by atoms with van der Waals surface area (Å²) in [5.74, 6) is 1.23. The molecular weight excluding hydrogens is 202 g/mol. The maximum atomic E-state index is 8.95. The first-order chi connectivity index (χ1) is 7.79. The van der Waals surface area contributed by atoms with Gasteiger partial charge in [-0.1, -0.05) is 0 Å². The van der Waals surface area contributed by atoms with Crippen LogP contribution in [0.2, 0.25) is 0 Å². The zero-order valence-corrected chi connectivity index (χ0v) is 9.36. The minimum atomic E-state index is 0.536. The van der Waals surface area contributed by atoms with E-state index < -0.39 is 0 Å². The van der Waals surface area contributed by atoms with Crippen molar-refractivity contribution in [2.45, 2.75) is 13.3 Å². The lowest BCUT2D eigenvalue weighted by Crippen LogP contribution is -2.15. The van der Waals surface area contributed by atoms with Crippen molar-refractivity contribution in [2.75, 3.05) is 25.1 Å². The van der Waals surface area contributed by atoms with E-state index >= 15 is 0 Å². The van der Waals surface area contributed by atoms with Crippen LogP contribution in [0.4, 0.5) is 5.82 Å². The smallest absolute Gasteiger partial charge is 0.144 e. The van der Waals surface area contributed by atoms with Crippen LogP contribution in [0, 0.1) is 24.2 Å². The molecule has 4 heteroatoms. The number of aromatic nitrogens is 1. The monoisotopic (exact) mass is 217 g/mol. The lowest BCUT2D eigenvalue weighted by Gasteiger charge is -2.11. The Morgan fingerprint density at radius 2 is 2.50 bits per heavy atom. The van der Waals surface area contributed by atoms with Crippen LogP contribution in [0.25, 0.3) is 0 Å². The van der Waals surface area contributed by atoms with E-state index in [1.165, 1.54) is 0 Å². The topological polar surface area (TPSA) is 57.9 Å². The number of rotatable bonds is 3. The Morgan fingerprint density at radius 3 is 3.19 bits per heavy atom. The first-order valence-corrected chi connectivity index (χ1v) is 5.49. The van der Waals surface area contributed by atoms with Gasteiger partial charge in [0.05, 0.1) is 12.2 Å². The molecule has 1 saturated heterocycles. The van der Waals surface area contributed by atoms with Gasteiger partial charge >= 0.3 is 0 Å². The molecule has 0 amide bonds. The van der Waals surface area contributed by atoms with Crippen LogP contribution in [-0.4, -0.2) is 24.7 Å². The Kier molecular flexibility index (Phi) is 3.37. The van der Waals surface area contributed by atoms with Crippen molar-refractivity contribution in [3.05, 3.63) is 23.4 Å². The Hall–Kier alpha value is -1.60. The fraction of sp³-hybridized carbons (Fsp3) is 0.500. The van der Waals surface area contributed by atoms with Crippen molar-refractivity contribution < 1.29 is 4.74 Å². The van der Waals surface area contributed by atoms with Crippen LogP contribution in [0.5, 0.6) is 0 Å². The molecule has 2 heterocycles. The fourth-order valence-corrected chi connectivity index (χ4v) is 1.77. The SMILES string of the molecule is Cc1ccc(C#N)c(NCC2CCOC2)n1. The third-order valence-electron chi connectivity index (χ3n) is 2.74.